The van der Waals surface area contributed by atoms with Crippen LogP contribution in [-0.2, 0) is 32.7 Å². The lowest BCUT2D eigenvalue weighted by molar-refractivity contribution is -0.161. The maximum absolute atomic E-state index is 12.6. The minimum Gasteiger partial charge on any atom is -0.462 e. The second kappa shape index (κ2) is 42.6. The molecule has 0 aromatic rings. The van der Waals surface area contributed by atoms with E-state index in [1.807, 2.05) is 0 Å². The van der Waals surface area contributed by atoms with Gasteiger partial charge in [-0.3, -0.25) is 18.6 Å². The number of esters is 2. The Morgan fingerprint density at radius 2 is 0.782 bits per heavy atom. The molecular formula is C45H90NO8P. The van der Waals surface area contributed by atoms with Crippen LogP contribution < -0.4 is 5.73 Å². The van der Waals surface area contributed by atoms with Gasteiger partial charge in [0.2, 0.25) is 0 Å². The Morgan fingerprint density at radius 3 is 1.11 bits per heavy atom. The highest BCUT2D eigenvalue weighted by atomic mass is 31.2. The molecule has 0 spiro atoms. The molecular weight excluding hydrogens is 713 g/mol. The molecule has 55 heavy (non-hydrogen) atoms. The van der Waals surface area contributed by atoms with Gasteiger partial charge >= 0.3 is 19.8 Å². The Labute approximate surface area is 339 Å². The number of phosphoric acid groups is 1. The third-order valence-electron chi connectivity index (χ3n) is 10.5. The van der Waals surface area contributed by atoms with Crippen LogP contribution in [0.5, 0.6) is 0 Å². The first-order valence-corrected chi connectivity index (χ1v) is 25.0. The van der Waals surface area contributed by atoms with E-state index < -0.39 is 26.5 Å². The Balaban J connectivity index is 3.96. The van der Waals surface area contributed by atoms with Crippen LogP contribution in [0.15, 0.2) is 0 Å². The third kappa shape index (κ3) is 42.4. The Morgan fingerprint density at radius 1 is 0.473 bits per heavy atom. The lowest BCUT2D eigenvalue weighted by atomic mass is 10.0. The van der Waals surface area contributed by atoms with E-state index >= 15 is 0 Å². The van der Waals surface area contributed by atoms with Crippen LogP contribution in [-0.4, -0.2) is 49.3 Å². The van der Waals surface area contributed by atoms with Gasteiger partial charge in [-0.1, -0.05) is 219 Å². The first-order chi connectivity index (χ1) is 26.8. The highest BCUT2D eigenvalue weighted by Crippen LogP contribution is 2.43. The summed E-state index contributed by atoms with van der Waals surface area (Å²) in [6.45, 7) is 3.77. The van der Waals surface area contributed by atoms with Crippen molar-refractivity contribution in [1.82, 2.24) is 0 Å². The van der Waals surface area contributed by atoms with Crippen LogP contribution in [0.4, 0.5) is 0 Å². The van der Waals surface area contributed by atoms with E-state index in [9.17, 15) is 19.0 Å². The molecule has 3 N–H and O–H groups in total. The van der Waals surface area contributed by atoms with E-state index in [4.69, 9.17) is 24.3 Å². The summed E-state index contributed by atoms with van der Waals surface area (Å²) in [6.07, 6.45) is 42.9. The van der Waals surface area contributed by atoms with Crippen molar-refractivity contribution in [3.8, 4) is 0 Å². The Bertz CT molecular complexity index is 876. The van der Waals surface area contributed by atoms with Crippen molar-refractivity contribution in [2.24, 2.45) is 5.73 Å². The fourth-order valence-corrected chi connectivity index (χ4v) is 7.76. The van der Waals surface area contributed by atoms with Gasteiger partial charge in [-0.2, -0.15) is 0 Å². The summed E-state index contributed by atoms with van der Waals surface area (Å²) in [5, 5.41) is 0. The molecule has 328 valence electrons. The van der Waals surface area contributed by atoms with Crippen LogP contribution >= 0.6 is 7.82 Å². The molecule has 10 heteroatoms. The summed E-state index contributed by atoms with van der Waals surface area (Å²) in [5.41, 5.74) is 5.35. The number of unbranched alkanes of at least 4 members (excludes halogenated alkanes) is 32. The third-order valence-corrected chi connectivity index (χ3v) is 11.5. The molecule has 0 bridgehead atoms. The minimum absolute atomic E-state index is 0.0581. The van der Waals surface area contributed by atoms with Crippen LogP contribution in [0.2, 0.25) is 0 Å². The molecule has 0 fully saturated rings. The number of ether oxygens (including phenoxy) is 2. The molecule has 0 aromatic carbocycles. The summed E-state index contributed by atoms with van der Waals surface area (Å²) in [6, 6.07) is 0. The summed E-state index contributed by atoms with van der Waals surface area (Å²) in [4.78, 5) is 34.9. The van der Waals surface area contributed by atoms with Gasteiger partial charge in [0.15, 0.2) is 6.10 Å². The molecule has 0 aliphatic rings. The van der Waals surface area contributed by atoms with Gasteiger partial charge in [0.1, 0.15) is 6.61 Å². The zero-order chi connectivity index (χ0) is 40.3. The van der Waals surface area contributed by atoms with Crippen LogP contribution in [0.3, 0.4) is 0 Å². The molecule has 0 saturated carbocycles. The van der Waals surface area contributed by atoms with E-state index in [1.165, 1.54) is 180 Å². The smallest absolute Gasteiger partial charge is 0.462 e. The fourth-order valence-electron chi connectivity index (χ4n) is 6.99. The molecule has 0 heterocycles. The fraction of sp³-hybridized carbons (Fsp3) is 0.956. The molecule has 0 aliphatic heterocycles. The second-order valence-corrected chi connectivity index (χ2v) is 17.4. The minimum atomic E-state index is -4.37. The average molecular weight is 804 g/mol. The lowest BCUT2D eigenvalue weighted by Gasteiger charge is -2.19. The quantitative estimate of drug-likeness (QED) is 0.0350. The molecule has 9 nitrogen and oxygen atoms in total. The van der Waals surface area contributed by atoms with Crippen molar-refractivity contribution >= 4 is 19.8 Å². The van der Waals surface area contributed by atoms with Crippen molar-refractivity contribution in [3.05, 3.63) is 0 Å². The standard InChI is InChI=1S/C45H90NO8P/c1-3-5-7-9-11-13-15-16-17-18-19-20-21-22-23-24-25-26-28-30-32-34-36-38-45(48)54-43(42-53-55(49,50)52-40-39-46)41-51-44(47)37-35-33-31-29-27-14-12-10-8-6-4-2/h43H,3-42,46H2,1-2H3,(H,49,50)/t43-/m1/s1. The van der Waals surface area contributed by atoms with Gasteiger partial charge in [0.05, 0.1) is 13.2 Å². The molecule has 0 saturated heterocycles. The average Bonchev–Trinajstić information content (AvgIpc) is 3.17. The highest BCUT2D eigenvalue weighted by Gasteiger charge is 2.26. The summed E-state index contributed by atoms with van der Waals surface area (Å²) < 4.78 is 32.8. The van der Waals surface area contributed by atoms with Crippen molar-refractivity contribution in [2.45, 2.75) is 251 Å². The van der Waals surface area contributed by atoms with Gasteiger partial charge in [-0.05, 0) is 12.8 Å². The van der Waals surface area contributed by atoms with Crippen molar-refractivity contribution in [1.29, 1.82) is 0 Å². The van der Waals surface area contributed by atoms with Crippen LogP contribution in [0, 0.1) is 0 Å². The number of carbonyl (C=O) groups is 2. The summed E-state index contributed by atoms with van der Waals surface area (Å²) in [7, 11) is -4.37. The Kier molecular flexibility index (Phi) is 41.8. The van der Waals surface area contributed by atoms with Gasteiger partial charge in [0, 0.05) is 19.4 Å². The van der Waals surface area contributed by atoms with Gasteiger partial charge < -0.3 is 20.1 Å². The number of hydrogen-bond donors (Lipinski definition) is 2. The normalized spacial score (nSPS) is 13.2. The van der Waals surface area contributed by atoms with Crippen LogP contribution in [0.25, 0.3) is 0 Å². The van der Waals surface area contributed by atoms with E-state index in [2.05, 4.69) is 13.8 Å². The molecule has 0 aromatic heterocycles. The predicted octanol–water partition coefficient (Wildman–Crippen LogP) is 13.6. The number of hydrogen-bond acceptors (Lipinski definition) is 8. The maximum Gasteiger partial charge on any atom is 0.472 e. The zero-order valence-corrected chi connectivity index (χ0v) is 37.1. The number of phosphoric ester groups is 1. The van der Waals surface area contributed by atoms with E-state index in [0.29, 0.717) is 6.42 Å². The lowest BCUT2D eigenvalue weighted by Crippen LogP contribution is -2.29. The van der Waals surface area contributed by atoms with Gasteiger partial charge in [-0.25, -0.2) is 4.57 Å². The predicted molar refractivity (Wildman–Crippen MR) is 229 cm³/mol. The van der Waals surface area contributed by atoms with Crippen molar-refractivity contribution in [3.63, 3.8) is 0 Å². The first-order valence-electron chi connectivity index (χ1n) is 23.5. The van der Waals surface area contributed by atoms with E-state index in [0.717, 1.165) is 32.1 Å². The SMILES string of the molecule is CCCCCCCCCCCCCCCCCCCCCCCCCC(=O)O[C@H](COC(=O)CCCCCCCCCCCCC)COP(=O)(O)OCCN. The number of rotatable bonds is 45. The van der Waals surface area contributed by atoms with Gasteiger partial charge in [-0.15, -0.1) is 0 Å². The van der Waals surface area contributed by atoms with Crippen molar-refractivity contribution < 1.29 is 37.6 Å². The molecule has 0 rings (SSSR count). The number of nitrogens with two attached hydrogens (primary N) is 1. The molecule has 0 aliphatic carbocycles. The van der Waals surface area contributed by atoms with Crippen molar-refractivity contribution in [2.75, 3.05) is 26.4 Å². The summed E-state index contributed by atoms with van der Waals surface area (Å²) >= 11 is 0. The second-order valence-electron chi connectivity index (χ2n) is 16.0. The van der Waals surface area contributed by atoms with Crippen LogP contribution in [0.1, 0.15) is 245 Å². The van der Waals surface area contributed by atoms with E-state index in [-0.39, 0.29) is 38.6 Å². The maximum atomic E-state index is 12.6. The molecule has 0 amide bonds. The monoisotopic (exact) mass is 804 g/mol. The summed E-state index contributed by atoms with van der Waals surface area (Å²) in [5.74, 6) is -0.812. The van der Waals surface area contributed by atoms with Gasteiger partial charge in [0.25, 0.3) is 0 Å². The molecule has 0 radical (unpaired) electrons. The topological polar surface area (TPSA) is 134 Å². The first kappa shape index (κ1) is 54.0. The van der Waals surface area contributed by atoms with E-state index in [1.54, 1.807) is 0 Å². The highest BCUT2D eigenvalue weighted by molar-refractivity contribution is 7.47. The zero-order valence-electron chi connectivity index (χ0n) is 36.2. The largest absolute Gasteiger partial charge is 0.472 e. The number of carbonyl (C=O) groups excluding carboxylic acids is 2. The molecule has 1 unspecified atom stereocenters. The molecule has 2 atom stereocenters. The Hall–Kier alpha value is -0.990.